The van der Waals surface area contributed by atoms with E-state index in [9.17, 15) is 0 Å². The summed E-state index contributed by atoms with van der Waals surface area (Å²) >= 11 is 0. The van der Waals surface area contributed by atoms with Crippen LogP contribution < -0.4 is 10.1 Å². The molecule has 25 heavy (non-hydrogen) atoms. The fraction of sp³-hybridized carbons (Fsp3) is 0.316. The summed E-state index contributed by atoms with van der Waals surface area (Å²) in [5.41, 5.74) is 3.19. The lowest BCUT2D eigenvalue weighted by Crippen LogP contribution is -2.19. The van der Waals surface area contributed by atoms with Crippen molar-refractivity contribution in [2.24, 2.45) is 0 Å². The molecule has 1 N–H and O–H groups in total. The number of rotatable bonds is 7. The average molecular weight is 337 g/mol. The summed E-state index contributed by atoms with van der Waals surface area (Å²) in [5.74, 6) is 1.49. The molecule has 0 spiro atoms. The molecule has 2 aromatic heterocycles. The summed E-state index contributed by atoms with van der Waals surface area (Å²) in [4.78, 5) is 15.1. The van der Waals surface area contributed by atoms with Crippen molar-refractivity contribution in [2.45, 2.75) is 13.5 Å². The Bertz CT molecular complexity index is 845. The van der Waals surface area contributed by atoms with E-state index in [2.05, 4.69) is 38.2 Å². The molecule has 0 atom stereocenters. The first-order valence-corrected chi connectivity index (χ1v) is 8.30. The van der Waals surface area contributed by atoms with E-state index in [-0.39, 0.29) is 0 Å². The normalized spacial score (nSPS) is 11.0. The van der Waals surface area contributed by atoms with Crippen LogP contribution in [0.4, 0.5) is 5.82 Å². The van der Waals surface area contributed by atoms with E-state index in [1.807, 2.05) is 38.4 Å². The van der Waals surface area contributed by atoms with Crippen molar-refractivity contribution >= 4 is 16.7 Å². The third kappa shape index (κ3) is 4.42. The largest absolute Gasteiger partial charge is 0.476 e. The molecule has 130 valence electrons. The van der Waals surface area contributed by atoms with Crippen LogP contribution in [0.1, 0.15) is 11.1 Å². The highest BCUT2D eigenvalue weighted by Crippen LogP contribution is 2.23. The molecule has 0 radical (unpaired) electrons. The Morgan fingerprint density at radius 3 is 2.84 bits per heavy atom. The van der Waals surface area contributed by atoms with Gasteiger partial charge in [0.1, 0.15) is 18.8 Å². The second-order valence-corrected chi connectivity index (χ2v) is 6.20. The lowest BCUT2D eigenvalue weighted by molar-refractivity contribution is 0.253. The first-order valence-electron chi connectivity index (χ1n) is 8.30. The predicted molar refractivity (Wildman–Crippen MR) is 99.9 cm³/mol. The van der Waals surface area contributed by atoms with E-state index in [1.165, 1.54) is 0 Å². The fourth-order valence-electron chi connectivity index (χ4n) is 2.57. The lowest BCUT2D eigenvalue weighted by Gasteiger charge is -2.12. The van der Waals surface area contributed by atoms with Gasteiger partial charge >= 0.3 is 0 Å². The third-order valence-electron chi connectivity index (χ3n) is 3.92. The van der Waals surface area contributed by atoms with Crippen molar-refractivity contribution in [1.82, 2.24) is 19.9 Å². The second kappa shape index (κ2) is 7.90. The van der Waals surface area contributed by atoms with Crippen LogP contribution >= 0.6 is 0 Å². The SMILES string of the molecule is Cc1cccc2ncnc(NCc3ccnc(OCCN(C)C)c3)c12. The first-order chi connectivity index (χ1) is 12.1. The molecule has 0 aliphatic carbocycles. The van der Waals surface area contributed by atoms with Crippen molar-refractivity contribution in [2.75, 3.05) is 32.6 Å². The van der Waals surface area contributed by atoms with Gasteiger partial charge in [0.05, 0.1) is 5.52 Å². The molecule has 0 bridgehead atoms. The number of nitrogens with zero attached hydrogens (tertiary/aromatic N) is 4. The Hall–Kier alpha value is -2.73. The molecular weight excluding hydrogens is 314 g/mol. The van der Waals surface area contributed by atoms with Gasteiger partial charge in [-0.1, -0.05) is 12.1 Å². The highest BCUT2D eigenvalue weighted by molar-refractivity contribution is 5.91. The zero-order chi connectivity index (χ0) is 17.6. The number of aromatic nitrogens is 3. The second-order valence-electron chi connectivity index (χ2n) is 6.20. The van der Waals surface area contributed by atoms with Gasteiger partial charge in [0.25, 0.3) is 0 Å². The first kappa shape index (κ1) is 17.1. The van der Waals surface area contributed by atoms with Gasteiger partial charge in [-0.25, -0.2) is 15.0 Å². The van der Waals surface area contributed by atoms with Crippen LogP contribution in [0.25, 0.3) is 10.9 Å². The molecule has 0 aliphatic heterocycles. The van der Waals surface area contributed by atoms with E-state index < -0.39 is 0 Å². The van der Waals surface area contributed by atoms with Crippen LogP contribution in [-0.4, -0.2) is 47.1 Å². The van der Waals surface area contributed by atoms with Crippen molar-refractivity contribution in [1.29, 1.82) is 0 Å². The standard InChI is InChI=1S/C19H23N5O/c1-14-5-4-6-16-18(14)19(23-13-22-16)21-12-15-7-8-20-17(11-15)25-10-9-24(2)3/h4-8,11,13H,9-10,12H2,1-3H3,(H,21,22,23). The smallest absolute Gasteiger partial charge is 0.213 e. The molecule has 0 unspecified atom stereocenters. The third-order valence-corrected chi connectivity index (χ3v) is 3.92. The molecule has 2 heterocycles. The quantitative estimate of drug-likeness (QED) is 0.715. The molecule has 0 fully saturated rings. The highest BCUT2D eigenvalue weighted by Gasteiger charge is 2.06. The topological polar surface area (TPSA) is 63.2 Å². The molecular formula is C19H23N5O. The number of benzene rings is 1. The molecule has 0 saturated heterocycles. The van der Waals surface area contributed by atoms with Crippen molar-refractivity contribution in [3.05, 3.63) is 54.0 Å². The van der Waals surface area contributed by atoms with Crippen molar-refractivity contribution in [3.8, 4) is 5.88 Å². The minimum Gasteiger partial charge on any atom is -0.476 e. The fourth-order valence-corrected chi connectivity index (χ4v) is 2.57. The van der Waals surface area contributed by atoms with Crippen LogP contribution in [-0.2, 0) is 6.54 Å². The van der Waals surface area contributed by atoms with Crippen molar-refractivity contribution < 1.29 is 4.74 Å². The number of aryl methyl sites for hydroxylation is 1. The number of pyridine rings is 1. The molecule has 1 aromatic carbocycles. The van der Waals surface area contributed by atoms with Crippen LogP contribution in [0.2, 0.25) is 0 Å². The molecule has 6 nitrogen and oxygen atoms in total. The van der Waals surface area contributed by atoms with Gasteiger partial charge in [-0.15, -0.1) is 0 Å². The number of hydrogen-bond acceptors (Lipinski definition) is 6. The van der Waals surface area contributed by atoms with Crippen LogP contribution in [0.5, 0.6) is 5.88 Å². The molecule has 0 amide bonds. The van der Waals surface area contributed by atoms with E-state index in [0.717, 1.165) is 34.4 Å². The monoisotopic (exact) mass is 337 g/mol. The van der Waals surface area contributed by atoms with E-state index in [1.54, 1.807) is 12.5 Å². The Balaban J connectivity index is 1.70. The molecule has 0 saturated carbocycles. The van der Waals surface area contributed by atoms with Gasteiger partial charge in [0.15, 0.2) is 0 Å². The minimum atomic E-state index is 0.618. The van der Waals surface area contributed by atoms with Gasteiger partial charge in [0.2, 0.25) is 5.88 Å². The number of anilines is 1. The van der Waals surface area contributed by atoms with Crippen LogP contribution in [0.15, 0.2) is 42.9 Å². The van der Waals surface area contributed by atoms with Gasteiger partial charge < -0.3 is 15.0 Å². The number of hydrogen-bond donors (Lipinski definition) is 1. The maximum atomic E-state index is 5.69. The number of likely N-dealkylation sites (N-methyl/N-ethyl adjacent to an activating group) is 1. The van der Waals surface area contributed by atoms with Gasteiger partial charge in [-0.2, -0.15) is 0 Å². The van der Waals surface area contributed by atoms with Gasteiger partial charge in [-0.05, 0) is 44.3 Å². The predicted octanol–water partition coefficient (Wildman–Crippen LogP) is 2.89. The Morgan fingerprint density at radius 2 is 2.00 bits per heavy atom. The molecule has 0 aliphatic rings. The van der Waals surface area contributed by atoms with Gasteiger partial charge in [-0.3, -0.25) is 0 Å². The van der Waals surface area contributed by atoms with Crippen LogP contribution in [0.3, 0.4) is 0 Å². The Labute approximate surface area is 147 Å². The zero-order valence-electron chi connectivity index (χ0n) is 14.9. The van der Waals surface area contributed by atoms with E-state index in [0.29, 0.717) is 19.0 Å². The molecule has 6 heteroatoms. The average Bonchev–Trinajstić information content (AvgIpc) is 2.60. The highest BCUT2D eigenvalue weighted by atomic mass is 16.5. The van der Waals surface area contributed by atoms with Crippen LogP contribution in [0, 0.1) is 6.92 Å². The maximum Gasteiger partial charge on any atom is 0.213 e. The maximum absolute atomic E-state index is 5.69. The Morgan fingerprint density at radius 1 is 1.12 bits per heavy atom. The van der Waals surface area contributed by atoms with Crippen molar-refractivity contribution in [3.63, 3.8) is 0 Å². The summed E-state index contributed by atoms with van der Waals surface area (Å²) in [6.45, 7) is 4.19. The zero-order valence-corrected chi connectivity index (χ0v) is 14.9. The summed E-state index contributed by atoms with van der Waals surface area (Å²) < 4.78 is 5.69. The summed E-state index contributed by atoms with van der Waals surface area (Å²) in [6.07, 6.45) is 3.36. The summed E-state index contributed by atoms with van der Waals surface area (Å²) in [6, 6.07) is 10.0. The Kier molecular flexibility index (Phi) is 5.40. The summed E-state index contributed by atoms with van der Waals surface area (Å²) in [7, 11) is 4.04. The van der Waals surface area contributed by atoms with Gasteiger partial charge in [0, 0.05) is 30.7 Å². The minimum absolute atomic E-state index is 0.618. The molecule has 3 aromatic rings. The summed E-state index contributed by atoms with van der Waals surface area (Å²) in [5, 5.41) is 4.46. The lowest BCUT2D eigenvalue weighted by atomic mass is 10.1. The number of ether oxygens (including phenoxy) is 1. The number of nitrogens with one attached hydrogen (secondary N) is 1. The van der Waals surface area contributed by atoms with E-state index >= 15 is 0 Å². The van der Waals surface area contributed by atoms with E-state index in [4.69, 9.17) is 4.74 Å². The number of fused-ring (bicyclic) bond motifs is 1. The molecule has 3 rings (SSSR count).